The summed E-state index contributed by atoms with van der Waals surface area (Å²) in [7, 11) is 0. The Balaban J connectivity index is 2.11. The summed E-state index contributed by atoms with van der Waals surface area (Å²) in [5, 5.41) is 3.07. The molecule has 0 heterocycles. The van der Waals surface area contributed by atoms with E-state index in [9.17, 15) is 4.79 Å². The molecular weight excluding hydrogens is 254 g/mol. The van der Waals surface area contributed by atoms with Gasteiger partial charge in [-0.15, -0.1) is 11.8 Å². The maximum atomic E-state index is 12.2. The maximum Gasteiger partial charge on any atom is 0.252 e. The number of benzene rings is 2. The molecule has 0 fully saturated rings. The van der Waals surface area contributed by atoms with Crippen LogP contribution < -0.4 is 5.32 Å². The summed E-state index contributed by atoms with van der Waals surface area (Å²) < 4.78 is 0. The Morgan fingerprint density at radius 3 is 2.21 bits per heavy atom. The summed E-state index contributed by atoms with van der Waals surface area (Å²) in [6.45, 7) is 2.09. The van der Waals surface area contributed by atoms with Crippen LogP contribution in [-0.2, 0) is 0 Å². The van der Waals surface area contributed by atoms with E-state index in [2.05, 4.69) is 12.2 Å². The van der Waals surface area contributed by atoms with E-state index in [-0.39, 0.29) is 11.3 Å². The quantitative estimate of drug-likeness (QED) is 0.836. The van der Waals surface area contributed by atoms with E-state index < -0.39 is 0 Å². The highest BCUT2D eigenvalue weighted by Crippen LogP contribution is 2.25. The number of nitrogens with one attached hydrogen (secondary N) is 1. The molecule has 0 aliphatic carbocycles. The molecule has 19 heavy (non-hydrogen) atoms. The second-order valence-electron chi connectivity index (χ2n) is 4.09. The van der Waals surface area contributed by atoms with Gasteiger partial charge in [0.25, 0.3) is 5.91 Å². The van der Waals surface area contributed by atoms with Crippen LogP contribution in [0.5, 0.6) is 0 Å². The summed E-state index contributed by atoms with van der Waals surface area (Å²) in [4.78, 5) is 12.2. The van der Waals surface area contributed by atoms with Crippen LogP contribution in [0.4, 0.5) is 0 Å². The van der Waals surface area contributed by atoms with E-state index in [1.807, 2.05) is 60.7 Å². The average molecular weight is 271 g/mol. The third-order valence-corrected chi connectivity index (χ3v) is 3.79. The maximum absolute atomic E-state index is 12.2. The molecule has 0 aliphatic rings. The van der Waals surface area contributed by atoms with Gasteiger partial charge in [0, 0.05) is 5.56 Å². The molecule has 3 heteroatoms. The molecule has 0 radical (unpaired) electrons. The molecule has 2 aromatic carbocycles. The van der Waals surface area contributed by atoms with Crippen molar-refractivity contribution >= 4 is 17.7 Å². The van der Waals surface area contributed by atoms with Crippen LogP contribution in [0.3, 0.4) is 0 Å². The van der Waals surface area contributed by atoms with Gasteiger partial charge in [-0.3, -0.25) is 4.79 Å². The fourth-order valence-corrected chi connectivity index (χ4v) is 2.68. The predicted octanol–water partition coefficient (Wildman–Crippen LogP) is 3.87. The molecule has 0 saturated heterocycles. The summed E-state index contributed by atoms with van der Waals surface area (Å²) in [6.07, 6.45) is 0. The lowest BCUT2D eigenvalue weighted by atomic mass is 10.2. The van der Waals surface area contributed by atoms with Gasteiger partial charge in [0.15, 0.2) is 0 Å². The average Bonchev–Trinajstić information content (AvgIpc) is 2.48. The number of carbonyl (C=O) groups excluding carboxylic acids is 1. The Bertz CT molecular complexity index is 513. The minimum atomic E-state index is -0.0320. The lowest BCUT2D eigenvalue weighted by molar-refractivity contribution is 0.0949. The molecule has 0 aliphatic heterocycles. The van der Waals surface area contributed by atoms with E-state index in [0.29, 0.717) is 5.56 Å². The molecule has 2 rings (SSSR count). The van der Waals surface area contributed by atoms with Gasteiger partial charge in [0.2, 0.25) is 0 Å². The molecule has 2 aromatic rings. The number of thioether (sulfide) groups is 1. The topological polar surface area (TPSA) is 29.1 Å². The monoisotopic (exact) mass is 271 g/mol. The Kier molecular flexibility index (Phi) is 5.04. The molecule has 0 saturated carbocycles. The van der Waals surface area contributed by atoms with Crippen molar-refractivity contribution < 1.29 is 4.79 Å². The highest BCUT2D eigenvalue weighted by atomic mass is 32.2. The fourth-order valence-electron chi connectivity index (χ4n) is 1.81. The van der Waals surface area contributed by atoms with Crippen LogP contribution in [0.15, 0.2) is 60.7 Å². The van der Waals surface area contributed by atoms with Gasteiger partial charge in [0.1, 0.15) is 5.37 Å². The Morgan fingerprint density at radius 2 is 1.63 bits per heavy atom. The van der Waals surface area contributed by atoms with Crippen LogP contribution >= 0.6 is 11.8 Å². The molecule has 0 spiro atoms. The second kappa shape index (κ2) is 7.00. The van der Waals surface area contributed by atoms with Gasteiger partial charge in [-0.2, -0.15) is 0 Å². The third kappa shape index (κ3) is 3.86. The van der Waals surface area contributed by atoms with Gasteiger partial charge in [-0.05, 0) is 23.4 Å². The molecule has 0 aromatic heterocycles. The number of rotatable bonds is 5. The number of hydrogen-bond acceptors (Lipinski definition) is 2. The van der Waals surface area contributed by atoms with Crippen molar-refractivity contribution in [2.24, 2.45) is 0 Å². The minimum absolute atomic E-state index is 0.00101. The van der Waals surface area contributed by atoms with Crippen molar-refractivity contribution in [1.29, 1.82) is 0 Å². The molecule has 1 amide bonds. The molecule has 1 N–H and O–H groups in total. The van der Waals surface area contributed by atoms with Crippen LogP contribution in [-0.4, -0.2) is 11.7 Å². The van der Waals surface area contributed by atoms with Crippen molar-refractivity contribution in [3.05, 3.63) is 71.8 Å². The van der Waals surface area contributed by atoms with E-state index in [1.54, 1.807) is 11.8 Å². The SMILES string of the molecule is CCSC(NC(=O)c1ccccc1)c1ccccc1. The Labute approximate surface area is 118 Å². The highest BCUT2D eigenvalue weighted by Gasteiger charge is 2.14. The van der Waals surface area contributed by atoms with Crippen LogP contribution in [0, 0.1) is 0 Å². The zero-order chi connectivity index (χ0) is 13.5. The zero-order valence-electron chi connectivity index (χ0n) is 10.9. The highest BCUT2D eigenvalue weighted by molar-refractivity contribution is 7.99. The Morgan fingerprint density at radius 1 is 1.05 bits per heavy atom. The molecule has 98 valence electrons. The van der Waals surface area contributed by atoms with E-state index in [0.717, 1.165) is 11.3 Å². The fraction of sp³-hybridized carbons (Fsp3) is 0.188. The minimum Gasteiger partial charge on any atom is -0.336 e. The molecular formula is C16H17NOS. The first-order valence-electron chi connectivity index (χ1n) is 6.33. The van der Waals surface area contributed by atoms with Crippen LogP contribution in [0.2, 0.25) is 0 Å². The van der Waals surface area contributed by atoms with Crippen molar-refractivity contribution in [2.75, 3.05) is 5.75 Å². The summed E-state index contributed by atoms with van der Waals surface area (Å²) in [6, 6.07) is 19.4. The normalized spacial score (nSPS) is 11.8. The number of hydrogen-bond donors (Lipinski definition) is 1. The van der Waals surface area contributed by atoms with Crippen molar-refractivity contribution in [2.45, 2.75) is 12.3 Å². The van der Waals surface area contributed by atoms with Crippen molar-refractivity contribution in [1.82, 2.24) is 5.32 Å². The standard InChI is InChI=1S/C16H17NOS/c1-2-19-16(14-11-7-4-8-12-14)17-15(18)13-9-5-3-6-10-13/h3-12,16H,2H2,1H3,(H,17,18). The summed E-state index contributed by atoms with van der Waals surface area (Å²) >= 11 is 1.72. The first kappa shape index (κ1) is 13.7. The van der Waals surface area contributed by atoms with Gasteiger partial charge >= 0.3 is 0 Å². The predicted molar refractivity (Wildman–Crippen MR) is 81.2 cm³/mol. The first-order valence-corrected chi connectivity index (χ1v) is 7.38. The van der Waals surface area contributed by atoms with Gasteiger partial charge in [0.05, 0.1) is 0 Å². The van der Waals surface area contributed by atoms with Crippen LogP contribution in [0.1, 0.15) is 28.2 Å². The Hall–Kier alpha value is -1.74. The summed E-state index contributed by atoms with van der Waals surface area (Å²) in [5.74, 6) is 0.921. The molecule has 1 unspecified atom stereocenters. The third-order valence-electron chi connectivity index (χ3n) is 2.73. The first-order chi connectivity index (χ1) is 9.31. The van der Waals surface area contributed by atoms with E-state index in [1.165, 1.54) is 0 Å². The van der Waals surface area contributed by atoms with Crippen LogP contribution in [0.25, 0.3) is 0 Å². The van der Waals surface area contributed by atoms with E-state index >= 15 is 0 Å². The van der Waals surface area contributed by atoms with Gasteiger partial charge in [-0.25, -0.2) is 0 Å². The molecule has 0 bridgehead atoms. The zero-order valence-corrected chi connectivity index (χ0v) is 11.7. The molecule has 1 atom stereocenters. The van der Waals surface area contributed by atoms with Gasteiger partial charge in [-0.1, -0.05) is 55.5 Å². The second-order valence-corrected chi connectivity index (χ2v) is 5.47. The molecule has 2 nitrogen and oxygen atoms in total. The largest absolute Gasteiger partial charge is 0.336 e. The number of amides is 1. The number of carbonyl (C=O) groups is 1. The van der Waals surface area contributed by atoms with E-state index in [4.69, 9.17) is 0 Å². The lowest BCUT2D eigenvalue weighted by Crippen LogP contribution is -2.26. The smallest absolute Gasteiger partial charge is 0.252 e. The lowest BCUT2D eigenvalue weighted by Gasteiger charge is -2.18. The van der Waals surface area contributed by atoms with Crippen molar-refractivity contribution in [3.63, 3.8) is 0 Å². The van der Waals surface area contributed by atoms with Gasteiger partial charge < -0.3 is 5.32 Å². The van der Waals surface area contributed by atoms with Crippen molar-refractivity contribution in [3.8, 4) is 0 Å². The summed E-state index contributed by atoms with van der Waals surface area (Å²) in [5.41, 5.74) is 1.82.